The van der Waals surface area contributed by atoms with Crippen LogP contribution >= 0.6 is 11.8 Å². The third-order valence-corrected chi connectivity index (χ3v) is 5.05. The Morgan fingerprint density at radius 1 is 1.31 bits per heavy atom. The van der Waals surface area contributed by atoms with E-state index < -0.39 is 0 Å². The van der Waals surface area contributed by atoms with Crippen molar-refractivity contribution in [3.63, 3.8) is 0 Å². The Morgan fingerprint density at radius 2 is 2.06 bits per heavy atom. The van der Waals surface area contributed by atoms with Gasteiger partial charge >= 0.3 is 0 Å². The number of nitrogens with zero attached hydrogens (tertiary/aromatic N) is 1. The summed E-state index contributed by atoms with van der Waals surface area (Å²) in [6.07, 6.45) is 2.89. The molecule has 0 amide bonds. The molecule has 0 bridgehead atoms. The lowest BCUT2D eigenvalue weighted by molar-refractivity contribution is 0.103. The Hall–Kier alpha value is 0.270. The summed E-state index contributed by atoms with van der Waals surface area (Å²) >= 11 is 2.14. The van der Waals surface area contributed by atoms with Gasteiger partial charge < -0.3 is 5.32 Å². The van der Waals surface area contributed by atoms with Gasteiger partial charge in [0.25, 0.3) is 0 Å². The molecule has 16 heavy (non-hydrogen) atoms. The highest BCUT2D eigenvalue weighted by Crippen LogP contribution is 2.25. The Kier molecular flexibility index (Phi) is 4.98. The van der Waals surface area contributed by atoms with E-state index in [2.05, 4.69) is 35.8 Å². The molecule has 0 spiro atoms. The van der Waals surface area contributed by atoms with E-state index in [0.717, 1.165) is 17.9 Å². The van der Waals surface area contributed by atoms with E-state index >= 15 is 0 Å². The zero-order chi connectivity index (χ0) is 11.4. The van der Waals surface area contributed by atoms with Crippen molar-refractivity contribution >= 4 is 11.8 Å². The molecule has 94 valence electrons. The van der Waals surface area contributed by atoms with Crippen LogP contribution in [0.3, 0.4) is 0 Å². The minimum Gasteiger partial charge on any atom is -0.314 e. The molecule has 2 rings (SSSR count). The standard InChI is InChI=1S/C13H26N2S/c1-11(2)13-9-14-5-6-15(13)10-12-3-7-16-8-4-12/h11-14H,3-10H2,1-2H3. The smallest absolute Gasteiger partial charge is 0.0244 e. The summed E-state index contributed by atoms with van der Waals surface area (Å²) in [5.74, 6) is 4.54. The maximum Gasteiger partial charge on any atom is 0.0244 e. The van der Waals surface area contributed by atoms with Crippen LogP contribution in [0.2, 0.25) is 0 Å². The van der Waals surface area contributed by atoms with Crippen molar-refractivity contribution in [3.8, 4) is 0 Å². The number of thioether (sulfide) groups is 1. The molecule has 2 aliphatic rings. The van der Waals surface area contributed by atoms with Gasteiger partial charge in [-0.1, -0.05) is 13.8 Å². The minimum absolute atomic E-state index is 0.767. The van der Waals surface area contributed by atoms with Crippen molar-refractivity contribution in [1.29, 1.82) is 0 Å². The maximum absolute atomic E-state index is 3.54. The average molecular weight is 242 g/mol. The summed E-state index contributed by atoms with van der Waals surface area (Å²) in [6, 6.07) is 0.767. The first-order valence-electron chi connectivity index (χ1n) is 6.80. The Morgan fingerprint density at radius 3 is 2.75 bits per heavy atom. The zero-order valence-electron chi connectivity index (χ0n) is 10.7. The van der Waals surface area contributed by atoms with Crippen molar-refractivity contribution in [2.75, 3.05) is 37.7 Å². The van der Waals surface area contributed by atoms with Crippen LogP contribution in [0.1, 0.15) is 26.7 Å². The SMILES string of the molecule is CC(C)C1CNCCN1CC1CCSCC1. The molecule has 0 radical (unpaired) electrons. The second kappa shape index (κ2) is 6.27. The van der Waals surface area contributed by atoms with E-state index in [0.29, 0.717) is 0 Å². The van der Waals surface area contributed by atoms with Gasteiger partial charge in [0.05, 0.1) is 0 Å². The van der Waals surface area contributed by atoms with E-state index in [-0.39, 0.29) is 0 Å². The first kappa shape index (κ1) is 12.7. The van der Waals surface area contributed by atoms with Crippen molar-refractivity contribution in [2.45, 2.75) is 32.7 Å². The molecule has 1 unspecified atom stereocenters. The molecular weight excluding hydrogens is 216 g/mol. The van der Waals surface area contributed by atoms with Crippen molar-refractivity contribution < 1.29 is 0 Å². The monoisotopic (exact) mass is 242 g/mol. The van der Waals surface area contributed by atoms with Crippen LogP contribution in [0.5, 0.6) is 0 Å². The molecule has 0 saturated carbocycles. The predicted molar refractivity (Wildman–Crippen MR) is 73.1 cm³/mol. The fourth-order valence-corrected chi connectivity index (χ4v) is 4.12. The molecule has 1 atom stereocenters. The van der Waals surface area contributed by atoms with Gasteiger partial charge in [-0.05, 0) is 36.2 Å². The number of nitrogens with one attached hydrogen (secondary N) is 1. The number of piperazine rings is 1. The summed E-state index contributed by atoms with van der Waals surface area (Å²) in [6.45, 7) is 9.71. The highest BCUT2D eigenvalue weighted by atomic mass is 32.2. The lowest BCUT2D eigenvalue weighted by atomic mass is 9.96. The Balaban J connectivity index is 1.85. The van der Waals surface area contributed by atoms with Gasteiger partial charge in [0, 0.05) is 32.2 Å². The van der Waals surface area contributed by atoms with E-state index in [4.69, 9.17) is 0 Å². The van der Waals surface area contributed by atoms with Crippen LogP contribution in [0.15, 0.2) is 0 Å². The predicted octanol–water partition coefficient (Wildman–Crippen LogP) is 2.06. The fourth-order valence-electron chi connectivity index (χ4n) is 2.91. The summed E-state index contributed by atoms with van der Waals surface area (Å²) in [5.41, 5.74) is 0. The second-order valence-corrected chi connectivity index (χ2v) is 6.79. The van der Waals surface area contributed by atoms with Crippen LogP contribution < -0.4 is 5.32 Å². The highest BCUT2D eigenvalue weighted by molar-refractivity contribution is 7.99. The molecule has 3 heteroatoms. The van der Waals surface area contributed by atoms with Crippen LogP contribution in [0, 0.1) is 11.8 Å². The molecular formula is C13H26N2S. The van der Waals surface area contributed by atoms with Gasteiger partial charge in [0.15, 0.2) is 0 Å². The normalized spacial score (nSPS) is 29.8. The molecule has 0 aromatic rings. The van der Waals surface area contributed by atoms with Crippen molar-refractivity contribution in [3.05, 3.63) is 0 Å². The molecule has 2 aliphatic heterocycles. The van der Waals surface area contributed by atoms with E-state index in [1.807, 2.05) is 0 Å². The first-order valence-corrected chi connectivity index (χ1v) is 7.95. The minimum atomic E-state index is 0.767. The largest absolute Gasteiger partial charge is 0.314 e. The third kappa shape index (κ3) is 3.38. The number of hydrogen-bond acceptors (Lipinski definition) is 3. The van der Waals surface area contributed by atoms with Gasteiger partial charge in [-0.25, -0.2) is 0 Å². The van der Waals surface area contributed by atoms with Gasteiger partial charge in [-0.3, -0.25) is 4.90 Å². The van der Waals surface area contributed by atoms with Crippen LogP contribution in [0.25, 0.3) is 0 Å². The zero-order valence-corrected chi connectivity index (χ0v) is 11.6. The summed E-state index contributed by atoms with van der Waals surface area (Å²) < 4.78 is 0. The van der Waals surface area contributed by atoms with Crippen LogP contribution in [-0.4, -0.2) is 48.6 Å². The maximum atomic E-state index is 3.54. The quantitative estimate of drug-likeness (QED) is 0.815. The van der Waals surface area contributed by atoms with Gasteiger partial charge in [0.1, 0.15) is 0 Å². The van der Waals surface area contributed by atoms with Crippen LogP contribution in [-0.2, 0) is 0 Å². The average Bonchev–Trinajstić information content (AvgIpc) is 2.31. The highest BCUT2D eigenvalue weighted by Gasteiger charge is 2.27. The lowest BCUT2D eigenvalue weighted by Crippen LogP contribution is -2.54. The first-order chi connectivity index (χ1) is 7.77. The van der Waals surface area contributed by atoms with E-state index in [1.54, 1.807) is 0 Å². The van der Waals surface area contributed by atoms with Gasteiger partial charge in [0.2, 0.25) is 0 Å². The number of rotatable bonds is 3. The lowest BCUT2D eigenvalue weighted by Gasteiger charge is -2.41. The fraction of sp³-hybridized carbons (Fsp3) is 1.00. The summed E-state index contributed by atoms with van der Waals surface area (Å²) in [4.78, 5) is 2.75. The molecule has 2 fully saturated rings. The van der Waals surface area contributed by atoms with E-state index in [9.17, 15) is 0 Å². The van der Waals surface area contributed by atoms with Crippen molar-refractivity contribution in [2.24, 2.45) is 11.8 Å². The molecule has 2 saturated heterocycles. The Bertz CT molecular complexity index is 202. The molecule has 2 nitrogen and oxygen atoms in total. The van der Waals surface area contributed by atoms with Crippen molar-refractivity contribution in [1.82, 2.24) is 10.2 Å². The topological polar surface area (TPSA) is 15.3 Å². The van der Waals surface area contributed by atoms with E-state index in [1.165, 1.54) is 50.5 Å². The van der Waals surface area contributed by atoms with Crippen LogP contribution in [0.4, 0.5) is 0 Å². The summed E-state index contributed by atoms with van der Waals surface area (Å²) in [7, 11) is 0. The third-order valence-electron chi connectivity index (χ3n) is 4.00. The molecule has 1 N–H and O–H groups in total. The molecule has 2 heterocycles. The second-order valence-electron chi connectivity index (χ2n) is 5.57. The summed E-state index contributed by atoms with van der Waals surface area (Å²) in [5, 5.41) is 3.54. The molecule has 0 aromatic carbocycles. The number of hydrogen-bond donors (Lipinski definition) is 1. The molecule has 0 aliphatic carbocycles. The Labute approximate surface area is 105 Å². The molecule has 0 aromatic heterocycles. The van der Waals surface area contributed by atoms with Gasteiger partial charge in [-0.15, -0.1) is 0 Å². The van der Waals surface area contributed by atoms with Gasteiger partial charge in [-0.2, -0.15) is 11.8 Å².